The van der Waals surface area contributed by atoms with Gasteiger partial charge < -0.3 is 9.64 Å². The number of hydrogen-bond acceptors (Lipinski definition) is 4. The second-order valence-electron chi connectivity index (χ2n) is 4.87. The van der Waals surface area contributed by atoms with Gasteiger partial charge >= 0.3 is 6.01 Å². The summed E-state index contributed by atoms with van der Waals surface area (Å²) in [6.07, 6.45) is 3.25. The molecule has 0 bridgehead atoms. The van der Waals surface area contributed by atoms with E-state index in [9.17, 15) is 4.39 Å². The number of halogens is 2. The van der Waals surface area contributed by atoms with Crippen LogP contribution < -0.4 is 4.74 Å². The van der Waals surface area contributed by atoms with Crippen molar-refractivity contribution in [2.75, 3.05) is 20.2 Å². The Labute approximate surface area is 139 Å². The third-order valence-electron chi connectivity index (χ3n) is 3.11. The zero-order chi connectivity index (χ0) is 16.7. The molecule has 0 saturated heterocycles. The van der Waals surface area contributed by atoms with Gasteiger partial charge in [0.2, 0.25) is 0 Å². The topological polar surface area (TPSA) is 50.6 Å². The first-order valence-corrected chi connectivity index (χ1v) is 7.60. The van der Waals surface area contributed by atoms with Crippen molar-refractivity contribution in [2.24, 2.45) is 4.99 Å². The van der Waals surface area contributed by atoms with Crippen LogP contribution in [-0.2, 0) is 6.42 Å². The van der Waals surface area contributed by atoms with Gasteiger partial charge in [0, 0.05) is 25.0 Å². The highest BCUT2D eigenvalue weighted by Gasteiger charge is 2.07. The molecule has 23 heavy (non-hydrogen) atoms. The fourth-order valence-electron chi connectivity index (χ4n) is 1.65. The molecule has 0 unspecified atom stereocenters. The van der Waals surface area contributed by atoms with Gasteiger partial charge in [-0.2, -0.15) is 4.98 Å². The number of ether oxygens (including phenoxy) is 1. The second-order valence-corrected chi connectivity index (χ2v) is 5.30. The maximum Gasteiger partial charge on any atom is 0.318 e. The van der Waals surface area contributed by atoms with E-state index in [1.165, 1.54) is 6.34 Å². The zero-order valence-electron chi connectivity index (χ0n) is 13.0. The molecule has 0 fully saturated rings. The number of benzene rings is 1. The van der Waals surface area contributed by atoms with Crippen LogP contribution in [-0.4, -0.2) is 41.4 Å². The van der Waals surface area contributed by atoms with Crippen LogP contribution in [0, 0.1) is 5.82 Å². The van der Waals surface area contributed by atoms with Gasteiger partial charge in [-0.1, -0.05) is 23.7 Å². The molecule has 7 heteroatoms. The first-order chi connectivity index (χ1) is 11.1. The van der Waals surface area contributed by atoms with Crippen LogP contribution in [0.3, 0.4) is 0 Å². The molecule has 1 aromatic carbocycles. The molecule has 5 nitrogen and oxygen atoms in total. The van der Waals surface area contributed by atoms with Crippen LogP contribution >= 0.6 is 11.6 Å². The standard InChI is InChI=1S/C16H18ClFN4O/c1-3-22(2)11-20-15-14(18)10-19-16(21-15)23-9-8-12-4-6-13(17)7-5-12/h4-7,10-11H,3,8-9H2,1-2H3/b20-11+. The summed E-state index contributed by atoms with van der Waals surface area (Å²) < 4.78 is 19.1. The minimum absolute atomic E-state index is 0.0400. The van der Waals surface area contributed by atoms with Gasteiger partial charge in [0.05, 0.1) is 19.1 Å². The molecule has 0 radical (unpaired) electrons. The summed E-state index contributed by atoms with van der Waals surface area (Å²) in [6.45, 7) is 3.11. The Hall–Kier alpha value is -2.21. The molecule has 1 heterocycles. The fourth-order valence-corrected chi connectivity index (χ4v) is 1.77. The summed E-state index contributed by atoms with van der Waals surface area (Å²) >= 11 is 5.83. The molecule has 0 aliphatic heterocycles. The Morgan fingerprint density at radius 3 is 2.78 bits per heavy atom. The number of nitrogens with zero attached hydrogens (tertiary/aromatic N) is 4. The smallest absolute Gasteiger partial charge is 0.318 e. The van der Waals surface area contributed by atoms with Gasteiger partial charge in [-0.25, -0.2) is 14.4 Å². The Bertz CT molecular complexity index is 664. The molecule has 0 N–H and O–H groups in total. The molecule has 0 saturated carbocycles. The number of aliphatic imine (C=N–C) groups is 1. The van der Waals surface area contributed by atoms with E-state index >= 15 is 0 Å². The Kier molecular flexibility index (Phi) is 6.29. The van der Waals surface area contributed by atoms with Gasteiger partial charge in [0.15, 0.2) is 11.6 Å². The summed E-state index contributed by atoms with van der Waals surface area (Å²) in [4.78, 5) is 13.6. The predicted molar refractivity (Wildman–Crippen MR) is 89.1 cm³/mol. The lowest BCUT2D eigenvalue weighted by Crippen LogP contribution is -2.14. The minimum Gasteiger partial charge on any atom is -0.463 e. The van der Waals surface area contributed by atoms with E-state index in [0.717, 1.165) is 18.3 Å². The second kappa shape index (κ2) is 8.43. The van der Waals surface area contributed by atoms with Gasteiger partial charge in [0.25, 0.3) is 0 Å². The highest BCUT2D eigenvalue weighted by molar-refractivity contribution is 6.30. The number of hydrogen-bond donors (Lipinski definition) is 0. The van der Waals surface area contributed by atoms with Crippen LogP contribution in [0.15, 0.2) is 35.5 Å². The van der Waals surface area contributed by atoms with E-state index in [2.05, 4.69) is 15.0 Å². The molecule has 0 aliphatic rings. The van der Waals surface area contributed by atoms with Gasteiger partial charge in [-0.15, -0.1) is 0 Å². The van der Waals surface area contributed by atoms with Crippen LogP contribution in [0.5, 0.6) is 6.01 Å². The van der Waals surface area contributed by atoms with Crippen molar-refractivity contribution in [2.45, 2.75) is 13.3 Å². The third kappa shape index (κ3) is 5.49. The van der Waals surface area contributed by atoms with Crippen molar-refractivity contribution in [1.29, 1.82) is 0 Å². The first-order valence-electron chi connectivity index (χ1n) is 7.22. The molecule has 0 atom stereocenters. The summed E-state index contributed by atoms with van der Waals surface area (Å²) in [5, 5.41) is 0.691. The SMILES string of the molecule is CCN(C)/C=N/c1nc(OCCc2ccc(Cl)cc2)ncc1F. The Morgan fingerprint density at radius 1 is 1.35 bits per heavy atom. The normalized spacial score (nSPS) is 11.0. The molecule has 2 aromatic rings. The summed E-state index contributed by atoms with van der Waals surface area (Å²) in [5.41, 5.74) is 1.08. The number of rotatable bonds is 7. The van der Waals surface area contributed by atoms with Gasteiger partial charge in [-0.05, 0) is 24.6 Å². The van der Waals surface area contributed by atoms with E-state index in [1.807, 2.05) is 43.1 Å². The lowest BCUT2D eigenvalue weighted by molar-refractivity contribution is 0.295. The van der Waals surface area contributed by atoms with E-state index in [0.29, 0.717) is 18.1 Å². The Balaban J connectivity index is 1.95. The monoisotopic (exact) mass is 336 g/mol. The predicted octanol–water partition coefficient (Wildman–Crippen LogP) is 3.50. The average Bonchev–Trinajstić information content (AvgIpc) is 2.56. The van der Waals surface area contributed by atoms with E-state index in [1.54, 1.807) is 0 Å². The fraction of sp³-hybridized carbons (Fsp3) is 0.312. The summed E-state index contributed by atoms with van der Waals surface area (Å²) in [5.74, 6) is -0.627. The van der Waals surface area contributed by atoms with Crippen molar-refractivity contribution in [1.82, 2.24) is 14.9 Å². The largest absolute Gasteiger partial charge is 0.463 e. The molecule has 0 aliphatic carbocycles. The van der Waals surface area contributed by atoms with Crippen molar-refractivity contribution in [3.63, 3.8) is 0 Å². The third-order valence-corrected chi connectivity index (χ3v) is 3.37. The molecular weight excluding hydrogens is 319 g/mol. The maximum atomic E-state index is 13.6. The number of aromatic nitrogens is 2. The van der Waals surface area contributed by atoms with Gasteiger partial charge in [-0.3, -0.25) is 0 Å². The molecule has 1 aromatic heterocycles. The van der Waals surface area contributed by atoms with E-state index in [-0.39, 0.29) is 11.8 Å². The average molecular weight is 337 g/mol. The van der Waals surface area contributed by atoms with E-state index < -0.39 is 5.82 Å². The Morgan fingerprint density at radius 2 is 2.09 bits per heavy atom. The van der Waals surface area contributed by atoms with Gasteiger partial charge in [0.1, 0.15) is 0 Å². The summed E-state index contributed by atoms with van der Waals surface area (Å²) in [6, 6.07) is 7.60. The minimum atomic E-state index is -0.587. The van der Waals surface area contributed by atoms with Crippen LogP contribution in [0.25, 0.3) is 0 Å². The summed E-state index contributed by atoms with van der Waals surface area (Å²) in [7, 11) is 1.84. The first kappa shape index (κ1) is 17.1. The lowest BCUT2D eigenvalue weighted by Gasteiger charge is -2.08. The highest BCUT2D eigenvalue weighted by atomic mass is 35.5. The molecular formula is C16H18ClFN4O. The molecule has 0 spiro atoms. The molecule has 122 valence electrons. The molecule has 0 amide bonds. The van der Waals surface area contributed by atoms with Crippen molar-refractivity contribution < 1.29 is 9.13 Å². The lowest BCUT2D eigenvalue weighted by atomic mass is 10.2. The van der Waals surface area contributed by atoms with Crippen LogP contribution in [0.2, 0.25) is 5.02 Å². The maximum absolute atomic E-state index is 13.6. The van der Waals surface area contributed by atoms with Crippen molar-refractivity contribution in [3.8, 4) is 6.01 Å². The molecule has 2 rings (SSSR count). The highest BCUT2D eigenvalue weighted by Crippen LogP contribution is 2.16. The quantitative estimate of drug-likeness (QED) is 0.573. The van der Waals surface area contributed by atoms with Crippen molar-refractivity contribution in [3.05, 3.63) is 46.9 Å². The van der Waals surface area contributed by atoms with Crippen LogP contribution in [0.4, 0.5) is 10.2 Å². The van der Waals surface area contributed by atoms with Crippen LogP contribution in [0.1, 0.15) is 12.5 Å². The van der Waals surface area contributed by atoms with Crippen molar-refractivity contribution >= 4 is 23.8 Å². The van der Waals surface area contributed by atoms with E-state index in [4.69, 9.17) is 16.3 Å². The zero-order valence-corrected chi connectivity index (χ0v) is 13.8.